The zero-order valence-electron chi connectivity index (χ0n) is 52.4. The molecule has 0 aliphatic rings. The number of carbonyl (C=O) groups excluding carboxylic acids is 4. The van der Waals surface area contributed by atoms with Gasteiger partial charge in [-0.25, -0.2) is 9.13 Å². The maximum Gasteiger partial charge on any atom is 0.472 e. The van der Waals surface area contributed by atoms with Crippen LogP contribution in [-0.2, 0) is 65.4 Å². The van der Waals surface area contributed by atoms with Crippen molar-refractivity contribution in [1.82, 2.24) is 0 Å². The van der Waals surface area contributed by atoms with Gasteiger partial charge in [0.05, 0.1) is 26.4 Å². The number of esters is 4. The summed E-state index contributed by atoms with van der Waals surface area (Å²) in [6.07, 6.45) is 31.1. The number of aliphatic hydroxyl groups is 1. The molecular formula is C62H120O17P2. The van der Waals surface area contributed by atoms with Crippen molar-refractivity contribution >= 4 is 39.5 Å². The first-order valence-electron chi connectivity index (χ1n) is 32.2. The Morgan fingerprint density at radius 2 is 0.519 bits per heavy atom. The van der Waals surface area contributed by atoms with Crippen LogP contribution in [0.1, 0.15) is 293 Å². The summed E-state index contributed by atoms with van der Waals surface area (Å²) in [5, 5.41) is 10.5. The van der Waals surface area contributed by atoms with Gasteiger partial charge in [0.1, 0.15) is 19.3 Å². The number of unbranched alkanes of at least 4 members (excludes halogenated alkanes) is 25. The summed E-state index contributed by atoms with van der Waals surface area (Å²) in [5.74, 6) is 0.658. The number of rotatable bonds is 59. The Morgan fingerprint density at radius 3 is 0.765 bits per heavy atom. The zero-order valence-corrected chi connectivity index (χ0v) is 54.2. The molecule has 5 atom stereocenters. The Morgan fingerprint density at radius 1 is 0.309 bits per heavy atom. The number of carbonyl (C=O) groups is 4. The van der Waals surface area contributed by atoms with Gasteiger partial charge in [-0.1, -0.05) is 242 Å². The molecule has 0 aliphatic heterocycles. The van der Waals surface area contributed by atoms with E-state index in [0.29, 0.717) is 43.4 Å². The molecule has 0 aromatic carbocycles. The molecule has 0 saturated heterocycles. The van der Waals surface area contributed by atoms with E-state index in [0.717, 1.165) is 109 Å². The van der Waals surface area contributed by atoms with Crippen molar-refractivity contribution in [3.8, 4) is 0 Å². The normalized spacial score (nSPS) is 14.5. The smallest absolute Gasteiger partial charge is 0.462 e. The van der Waals surface area contributed by atoms with Crippen LogP contribution in [-0.4, -0.2) is 96.7 Å². The fourth-order valence-electron chi connectivity index (χ4n) is 9.08. The lowest BCUT2D eigenvalue weighted by atomic mass is 10.0. The Balaban J connectivity index is 5.24. The highest BCUT2D eigenvalue weighted by atomic mass is 31.2. The second-order valence-corrected chi connectivity index (χ2v) is 27.3. The Bertz CT molecular complexity index is 1630. The fraction of sp³-hybridized carbons (Fsp3) is 0.935. The van der Waals surface area contributed by atoms with E-state index in [1.165, 1.54) is 83.5 Å². The fourth-order valence-corrected chi connectivity index (χ4v) is 10.7. The van der Waals surface area contributed by atoms with E-state index >= 15 is 0 Å². The van der Waals surface area contributed by atoms with Crippen molar-refractivity contribution in [1.29, 1.82) is 0 Å². The molecule has 3 unspecified atom stereocenters. The quantitative estimate of drug-likeness (QED) is 0.0222. The van der Waals surface area contributed by atoms with Gasteiger partial charge < -0.3 is 33.8 Å². The van der Waals surface area contributed by atoms with Gasteiger partial charge in [0.15, 0.2) is 12.2 Å². The lowest BCUT2D eigenvalue weighted by Gasteiger charge is -2.21. The summed E-state index contributed by atoms with van der Waals surface area (Å²) in [5.41, 5.74) is 0. The van der Waals surface area contributed by atoms with E-state index in [1.807, 2.05) is 0 Å². The standard InChI is InChI=1S/C62H120O17P2/c1-52(2)38-30-22-14-11-9-10-12-16-28-36-44-61(66)78-57(49-73-60(65)43-35-27-20-18-24-32-40-54(5)6)50-76-80(68,69)74-46-56(63)47-75-81(70,71)77-51-58(79-62(67)45-37-29-21-19-25-33-41-55(7)8)48-72-59(64)42-34-26-17-13-15-23-31-39-53(3)4/h52-58,63H,9-51H2,1-8H3,(H,68,69)(H,70,71)/t56?,57-,58-/m1/s1. The van der Waals surface area contributed by atoms with Crippen LogP contribution in [0, 0.1) is 23.7 Å². The van der Waals surface area contributed by atoms with Gasteiger partial charge in [-0.05, 0) is 49.4 Å². The molecule has 19 heteroatoms. The number of ether oxygens (including phenoxy) is 4. The monoisotopic (exact) mass is 1200 g/mol. The molecule has 480 valence electrons. The van der Waals surface area contributed by atoms with Crippen molar-refractivity contribution in [2.45, 2.75) is 311 Å². The minimum atomic E-state index is -4.94. The molecule has 0 radical (unpaired) electrons. The van der Waals surface area contributed by atoms with Crippen LogP contribution in [0.5, 0.6) is 0 Å². The summed E-state index contributed by atoms with van der Waals surface area (Å²) in [7, 11) is -9.88. The van der Waals surface area contributed by atoms with Crippen molar-refractivity contribution in [2.75, 3.05) is 39.6 Å². The molecule has 0 heterocycles. The van der Waals surface area contributed by atoms with Crippen LogP contribution in [0.3, 0.4) is 0 Å². The number of phosphoric ester groups is 2. The molecule has 3 N–H and O–H groups in total. The van der Waals surface area contributed by atoms with Crippen LogP contribution in [0.2, 0.25) is 0 Å². The average Bonchev–Trinajstić information content (AvgIpc) is 3.40. The molecule has 17 nitrogen and oxygen atoms in total. The van der Waals surface area contributed by atoms with Gasteiger partial charge in [-0.2, -0.15) is 0 Å². The minimum Gasteiger partial charge on any atom is -0.462 e. The molecule has 0 aromatic heterocycles. The molecule has 0 fully saturated rings. The Hall–Kier alpha value is -1.94. The topological polar surface area (TPSA) is 237 Å². The molecule has 0 aliphatic carbocycles. The highest BCUT2D eigenvalue weighted by molar-refractivity contribution is 7.47. The maximum atomic E-state index is 12.9. The van der Waals surface area contributed by atoms with Gasteiger partial charge in [-0.15, -0.1) is 0 Å². The third-order valence-corrected chi connectivity index (χ3v) is 16.0. The Labute approximate surface area is 492 Å². The molecule has 0 bridgehead atoms. The van der Waals surface area contributed by atoms with E-state index in [9.17, 15) is 43.2 Å². The van der Waals surface area contributed by atoms with Gasteiger partial charge in [-0.3, -0.25) is 37.3 Å². The van der Waals surface area contributed by atoms with Crippen molar-refractivity contribution in [3.05, 3.63) is 0 Å². The lowest BCUT2D eigenvalue weighted by Crippen LogP contribution is -2.30. The first kappa shape index (κ1) is 79.1. The molecule has 0 saturated carbocycles. The van der Waals surface area contributed by atoms with E-state index in [2.05, 4.69) is 55.4 Å². The second-order valence-electron chi connectivity index (χ2n) is 24.3. The summed E-state index contributed by atoms with van der Waals surface area (Å²) in [6, 6.07) is 0. The van der Waals surface area contributed by atoms with Crippen LogP contribution in [0.4, 0.5) is 0 Å². The van der Waals surface area contributed by atoms with Crippen molar-refractivity contribution in [2.24, 2.45) is 23.7 Å². The summed E-state index contributed by atoms with van der Waals surface area (Å²) >= 11 is 0. The van der Waals surface area contributed by atoms with Crippen molar-refractivity contribution < 1.29 is 80.2 Å². The predicted molar refractivity (Wildman–Crippen MR) is 321 cm³/mol. The molecule has 81 heavy (non-hydrogen) atoms. The van der Waals surface area contributed by atoms with E-state index in [4.69, 9.17) is 37.0 Å². The van der Waals surface area contributed by atoms with E-state index < -0.39 is 97.5 Å². The highest BCUT2D eigenvalue weighted by Gasteiger charge is 2.30. The molecule has 0 rings (SSSR count). The van der Waals surface area contributed by atoms with Gasteiger partial charge in [0.25, 0.3) is 0 Å². The number of phosphoric acid groups is 2. The third kappa shape index (κ3) is 56.9. The summed E-state index contributed by atoms with van der Waals surface area (Å²) < 4.78 is 67.8. The number of aliphatic hydroxyl groups excluding tert-OH is 1. The average molecular weight is 1200 g/mol. The highest BCUT2D eigenvalue weighted by Crippen LogP contribution is 2.45. The van der Waals surface area contributed by atoms with Gasteiger partial charge in [0, 0.05) is 25.7 Å². The molecule has 0 spiro atoms. The first-order valence-corrected chi connectivity index (χ1v) is 35.2. The molecule has 0 amide bonds. The number of hydrogen-bond acceptors (Lipinski definition) is 15. The largest absolute Gasteiger partial charge is 0.472 e. The molecular weight excluding hydrogens is 1080 g/mol. The first-order chi connectivity index (χ1) is 38.6. The summed E-state index contributed by atoms with van der Waals surface area (Å²) in [4.78, 5) is 72.0. The predicted octanol–water partition coefficient (Wildman–Crippen LogP) is 16.6. The van der Waals surface area contributed by atoms with Crippen LogP contribution in [0.25, 0.3) is 0 Å². The van der Waals surface area contributed by atoms with Gasteiger partial charge in [0.2, 0.25) is 0 Å². The van der Waals surface area contributed by atoms with Crippen LogP contribution in [0.15, 0.2) is 0 Å². The van der Waals surface area contributed by atoms with Crippen LogP contribution < -0.4 is 0 Å². The van der Waals surface area contributed by atoms with Gasteiger partial charge >= 0.3 is 39.5 Å². The maximum absolute atomic E-state index is 12.9. The third-order valence-electron chi connectivity index (χ3n) is 14.1. The second kappa shape index (κ2) is 52.4. The minimum absolute atomic E-state index is 0.100. The number of hydrogen-bond donors (Lipinski definition) is 3. The SMILES string of the molecule is CC(C)CCCCCCCCCCCCC(=O)O[C@H](COC(=O)CCCCCCCCC(C)C)COP(=O)(O)OCC(O)COP(=O)(O)OC[C@@H](COC(=O)CCCCCCCCCC(C)C)OC(=O)CCCCCCCCC(C)C. The zero-order chi connectivity index (χ0) is 60.4. The molecule has 0 aromatic rings. The van der Waals surface area contributed by atoms with Crippen molar-refractivity contribution in [3.63, 3.8) is 0 Å². The lowest BCUT2D eigenvalue weighted by molar-refractivity contribution is -0.161. The van der Waals surface area contributed by atoms with E-state index in [1.54, 1.807) is 0 Å². The Kier molecular flexibility index (Phi) is 51.1. The van der Waals surface area contributed by atoms with Crippen LogP contribution >= 0.6 is 15.6 Å². The van der Waals surface area contributed by atoms with E-state index in [-0.39, 0.29) is 25.7 Å². The summed E-state index contributed by atoms with van der Waals surface area (Å²) in [6.45, 7) is 13.8.